The zero-order chi connectivity index (χ0) is 12.3. The lowest BCUT2D eigenvalue weighted by atomic mass is 10.2. The van der Waals surface area contributed by atoms with Crippen LogP contribution in [0.15, 0.2) is 42.7 Å². The lowest BCUT2D eigenvalue weighted by molar-refractivity contribution is 0.102. The third kappa shape index (κ3) is 3.42. The Bertz CT molecular complexity index is 549. The van der Waals surface area contributed by atoms with Crippen LogP contribution in [0.5, 0.6) is 0 Å². The number of carbonyl (C=O) groups is 1. The van der Waals surface area contributed by atoms with Crippen LogP contribution in [0.1, 0.15) is 10.4 Å². The van der Waals surface area contributed by atoms with Crippen LogP contribution >= 0.6 is 24.0 Å². The third-order valence-electron chi connectivity index (χ3n) is 2.10. The van der Waals surface area contributed by atoms with Crippen molar-refractivity contribution in [2.45, 2.75) is 0 Å². The number of anilines is 1. The first-order valence-corrected chi connectivity index (χ1v) is 5.21. The number of hydrogen-bond donors (Lipinski definition) is 1. The minimum absolute atomic E-state index is 0. The van der Waals surface area contributed by atoms with Crippen molar-refractivity contribution in [3.05, 3.63) is 59.1 Å². The molecule has 0 saturated carbocycles. The summed E-state index contributed by atoms with van der Waals surface area (Å²) in [6.45, 7) is 0. The highest BCUT2D eigenvalue weighted by Gasteiger charge is 2.07. The van der Waals surface area contributed by atoms with Gasteiger partial charge in [-0.05, 0) is 30.3 Å². The Morgan fingerprint density at radius 3 is 2.72 bits per heavy atom. The quantitative estimate of drug-likeness (QED) is 0.917. The molecular weight excluding hydrogens is 278 g/mol. The molecular formula is C12H9Cl2FN2O. The number of halogens is 3. The van der Waals surface area contributed by atoms with Crippen molar-refractivity contribution >= 4 is 35.6 Å². The van der Waals surface area contributed by atoms with Crippen LogP contribution < -0.4 is 5.32 Å². The van der Waals surface area contributed by atoms with Gasteiger partial charge in [-0.1, -0.05) is 11.6 Å². The highest BCUT2D eigenvalue weighted by Crippen LogP contribution is 2.19. The topological polar surface area (TPSA) is 42.0 Å². The summed E-state index contributed by atoms with van der Waals surface area (Å²) in [5.74, 6) is -0.841. The maximum atomic E-state index is 12.9. The van der Waals surface area contributed by atoms with Crippen LogP contribution in [0.4, 0.5) is 10.1 Å². The Labute approximate surface area is 114 Å². The van der Waals surface area contributed by atoms with Crippen LogP contribution in [0.25, 0.3) is 0 Å². The maximum absolute atomic E-state index is 12.9. The average molecular weight is 287 g/mol. The van der Waals surface area contributed by atoms with Gasteiger partial charge in [0.05, 0.1) is 10.6 Å². The summed E-state index contributed by atoms with van der Waals surface area (Å²) in [7, 11) is 0. The van der Waals surface area contributed by atoms with Gasteiger partial charge in [0.1, 0.15) is 5.82 Å². The van der Waals surface area contributed by atoms with E-state index in [-0.39, 0.29) is 23.3 Å². The molecule has 0 fully saturated rings. The number of aromatic nitrogens is 1. The molecule has 0 saturated heterocycles. The molecule has 1 amide bonds. The van der Waals surface area contributed by atoms with E-state index in [4.69, 9.17) is 11.6 Å². The molecule has 94 valence electrons. The molecule has 0 aliphatic rings. The van der Waals surface area contributed by atoms with Gasteiger partial charge >= 0.3 is 0 Å². The first-order valence-electron chi connectivity index (χ1n) is 4.83. The summed E-state index contributed by atoms with van der Waals surface area (Å²) in [6.07, 6.45) is 3.02. The number of carbonyl (C=O) groups excluding carboxylic acids is 1. The van der Waals surface area contributed by atoms with Gasteiger partial charge in [-0.15, -0.1) is 12.4 Å². The monoisotopic (exact) mass is 286 g/mol. The molecule has 0 spiro atoms. The second-order valence-electron chi connectivity index (χ2n) is 3.32. The minimum Gasteiger partial charge on any atom is -0.322 e. The molecule has 6 heteroatoms. The number of amides is 1. The fourth-order valence-electron chi connectivity index (χ4n) is 1.27. The Kier molecular flexibility index (Phi) is 5.07. The summed E-state index contributed by atoms with van der Waals surface area (Å²) in [6, 6.07) is 7.28. The van der Waals surface area contributed by atoms with Gasteiger partial charge in [0, 0.05) is 18.1 Å². The van der Waals surface area contributed by atoms with Crippen LogP contribution in [0, 0.1) is 5.82 Å². The molecule has 0 aliphatic heterocycles. The highest BCUT2D eigenvalue weighted by atomic mass is 35.5. The molecule has 1 aromatic carbocycles. The van der Waals surface area contributed by atoms with Crippen molar-refractivity contribution in [1.29, 1.82) is 0 Å². The predicted molar refractivity (Wildman–Crippen MR) is 70.8 cm³/mol. The van der Waals surface area contributed by atoms with Gasteiger partial charge < -0.3 is 5.32 Å². The summed E-state index contributed by atoms with van der Waals surface area (Å²) >= 11 is 5.60. The number of benzene rings is 1. The van der Waals surface area contributed by atoms with E-state index in [2.05, 4.69) is 10.3 Å². The van der Waals surface area contributed by atoms with Gasteiger partial charge in [0.2, 0.25) is 0 Å². The zero-order valence-corrected chi connectivity index (χ0v) is 10.6. The van der Waals surface area contributed by atoms with Gasteiger partial charge in [-0.3, -0.25) is 9.78 Å². The van der Waals surface area contributed by atoms with Crippen molar-refractivity contribution in [3.8, 4) is 0 Å². The van der Waals surface area contributed by atoms with Gasteiger partial charge in [0.25, 0.3) is 5.91 Å². The number of rotatable bonds is 2. The van der Waals surface area contributed by atoms with Gasteiger partial charge in [-0.25, -0.2) is 4.39 Å². The predicted octanol–water partition coefficient (Wildman–Crippen LogP) is 3.55. The first kappa shape index (κ1) is 14.4. The molecule has 0 unspecified atom stereocenters. The standard InChI is InChI=1S/C12H8ClFN2O.ClH/c13-10-6-9(3-4-11(10)14)16-12(17)8-2-1-5-15-7-8;/h1-7H,(H,16,17);1H. The second-order valence-corrected chi connectivity index (χ2v) is 3.73. The molecule has 0 atom stereocenters. The molecule has 0 bridgehead atoms. The van der Waals surface area contributed by atoms with E-state index in [1.54, 1.807) is 18.3 Å². The van der Waals surface area contributed by atoms with E-state index in [0.29, 0.717) is 11.3 Å². The molecule has 0 aliphatic carbocycles. The second kappa shape index (κ2) is 6.33. The minimum atomic E-state index is -0.522. The summed E-state index contributed by atoms with van der Waals surface area (Å²) in [4.78, 5) is 15.6. The van der Waals surface area contributed by atoms with E-state index in [1.165, 1.54) is 24.4 Å². The van der Waals surface area contributed by atoms with E-state index in [9.17, 15) is 9.18 Å². The first-order chi connectivity index (χ1) is 8.16. The number of hydrogen-bond acceptors (Lipinski definition) is 2. The number of nitrogens with zero attached hydrogens (tertiary/aromatic N) is 1. The van der Waals surface area contributed by atoms with Crippen molar-refractivity contribution < 1.29 is 9.18 Å². The Morgan fingerprint density at radius 1 is 1.33 bits per heavy atom. The molecule has 0 radical (unpaired) electrons. The van der Waals surface area contributed by atoms with E-state index >= 15 is 0 Å². The lowest BCUT2D eigenvalue weighted by Gasteiger charge is -2.05. The number of pyridine rings is 1. The SMILES string of the molecule is Cl.O=C(Nc1ccc(F)c(Cl)c1)c1cccnc1. The molecule has 1 N–H and O–H groups in total. The lowest BCUT2D eigenvalue weighted by Crippen LogP contribution is -2.11. The highest BCUT2D eigenvalue weighted by molar-refractivity contribution is 6.31. The van der Waals surface area contributed by atoms with Crippen molar-refractivity contribution in [1.82, 2.24) is 4.98 Å². The summed E-state index contributed by atoms with van der Waals surface area (Å²) in [5.41, 5.74) is 0.859. The maximum Gasteiger partial charge on any atom is 0.257 e. The average Bonchev–Trinajstić information content (AvgIpc) is 2.35. The fourth-order valence-corrected chi connectivity index (χ4v) is 1.45. The van der Waals surface area contributed by atoms with Crippen molar-refractivity contribution in [2.75, 3.05) is 5.32 Å². The third-order valence-corrected chi connectivity index (χ3v) is 2.39. The Balaban J connectivity index is 0.00000162. The van der Waals surface area contributed by atoms with Crippen LogP contribution in [-0.2, 0) is 0 Å². The summed E-state index contributed by atoms with van der Waals surface area (Å²) < 4.78 is 12.9. The van der Waals surface area contributed by atoms with Crippen molar-refractivity contribution in [2.24, 2.45) is 0 Å². The molecule has 1 aromatic heterocycles. The molecule has 2 rings (SSSR count). The largest absolute Gasteiger partial charge is 0.322 e. The zero-order valence-electron chi connectivity index (χ0n) is 9.06. The normalized spacial score (nSPS) is 9.44. The molecule has 3 nitrogen and oxygen atoms in total. The molecule has 2 aromatic rings. The van der Waals surface area contributed by atoms with Crippen LogP contribution in [0.3, 0.4) is 0 Å². The van der Waals surface area contributed by atoms with Crippen LogP contribution in [0.2, 0.25) is 5.02 Å². The van der Waals surface area contributed by atoms with E-state index in [0.717, 1.165) is 0 Å². The van der Waals surface area contributed by atoms with Crippen molar-refractivity contribution in [3.63, 3.8) is 0 Å². The summed E-state index contributed by atoms with van der Waals surface area (Å²) in [5, 5.41) is 2.56. The van der Waals surface area contributed by atoms with E-state index < -0.39 is 5.82 Å². The van der Waals surface area contributed by atoms with Crippen LogP contribution in [-0.4, -0.2) is 10.9 Å². The Hall–Kier alpha value is -1.65. The smallest absolute Gasteiger partial charge is 0.257 e. The molecule has 1 heterocycles. The Morgan fingerprint density at radius 2 is 2.11 bits per heavy atom. The van der Waals surface area contributed by atoms with Gasteiger partial charge in [-0.2, -0.15) is 0 Å². The number of nitrogens with one attached hydrogen (secondary N) is 1. The fraction of sp³-hybridized carbons (Fsp3) is 0. The van der Waals surface area contributed by atoms with E-state index in [1.807, 2.05) is 0 Å². The van der Waals surface area contributed by atoms with Gasteiger partial charge in [0.15, 0.2) is 0 Å². The molecule has 18 heavy (non-hydrogen) atoms.